The Morgan fingerprint density at radius 2 is 2.06 bits per heavy atom. The molecule has 0 saturated heterocycles. The van der Waals surface area contributed by atoms with Gasteiger partial charge in [-0.15, -0.1) is 0 Å². The molecule has 0 heterocycles. The zero-order valence-electron chi connectivity index (χ0n) is 10.4. The predicted molar refractivity (Wildman–Crippen MR) is 66.7 cm³/mol. The van der Waals surface area contributed by atoms with E-state index < -0.39 is 0 Å². The summed E-state index contributed by atoms with van der Waals surface area (Å²) in [5, 5.41) is 11.4. The van der Waals surface area contributed by atoms with Crippen molar-refractivity contribution in [2.24, 2.45) is 16.8 Å². The van der Waals surface area contributed by atoms with Crippen LogP contribution in [0.3, 0.4) is 0 Å². The standard InChI is InChI=1S/C12H25N3O/c1-15(9-5-8-12(13)14-16)10-11-6-3-2-4-7-11/h11,16H,2-10H2,1H3,(H2,13,14). The van der Waals surface area contributed by atoms with Crippen molar-refractivity contribution in [3.05, 3.63) is 0 Å². The second-order valence-electron chi connectivity index (χ2n) is 4.96. The smallest absolute Gasteiger partial charge is 0.139 e. The largest absolute Gasteiger partial charge is 0.409 e. The highest BCUT2D eigenvalue weighted by Gasteiger charge is 2.14. The molecule has 1 fully saturated rings. The van der Waals surface area contributed by atoms with Gasteiger partial charge in [0, 0.05) is 13.0 Å². The van der Waals surface area contributed by atoms with Gasteiger partial charge in [-0.3, -0.25) is 0 Å². The third-order valence-electron chi connectivity index (χ3n) is 3.40. The van der Waals surface area contributed by atoms with Crippen LogP contribution in [0.2, 0.25) is 0 Å². The quantitative estimate of drug-likeness (QED) is 0.316. The molecule has 0 radical (unpaired) electrons. The highest BCUT2D eigenvalue weighted by Crippen LogP contribution is 2.24. The summed E-state index contributed by atoms with van der Waals surface area (Å²) < 4.78 is 0. The Morgan fingerprint density at radius 3 is 2.69 bits per heavy atom. The van der Waals surface area contributed by atoms with Gasteiger partial charge in [-0.2, -0.15) is 0 Å². The number of hydrogen-bond donors (Lipinski definition) is 2. The van der Waals surface area contributed by atoms with Crippen molar-refractivity contribution in [3.63, 3.8) is 0 Å². The van der Waals surface area contributed by atoms with Gasteiger partial charge in [0.1, 0.15) is 5.84 Å². The highest BCUT2D eigenvalue weighted by molar-refractivity contribution is 5.79. The van der Waals surface area contributed by atoms with E-state index in [1.807, 2.05) is 0 Å². The van der Waals surface area contributed by atoms with Crippen LogP contribution < -0.4 is 5.73 Å². The lowest BCUT2D eigenvalue weighted by Gasteiger charge is -2.26. The van der Waals surface area contributed by atoms with Gasteiger partial charge in [0.05, 0.1) is 0 Å². The zero-order valence-corrected chi connectivity index (χ0v) is 10.4. The summed E-state index contributed by atoms with van der Waals surface area (Å²) in [6.07, 6.45) is 8.68. The van der Waals surface area contributed by atoms with Crippen molar-refractivity contribution < 1.29 is 5.21 Å². The average Bonchev–Trinajstić information content (AvgIpc) is 2.30. The van der Waals surface area contributed by atoms with Gasteiger partial charge in [0.2, 0.25) is 0 Å². The summed E-state index contributed by atoms with van der Waals surface area (Å²) in [4.78, 5) is 2.38. The molecular weight excluding hydrogens is 202 g/mol. The Labute approximate surface area is 98.5 Å². The fourth-order valence-corrected chi connectivity index (χ4v) is 2.48. The molecule has 0 unspecified atom stereocenters. The first kappa shape index (κ1) is 13.3. The van der Waals surface area contributed by atoms with Gasteiger partial charge < -0.3 is 15.8 Å². The topological polar surface area (TPSA) is 61.8 Å². The van der Waals surface area contributed by atoms with Crippen LogP contribution in [0.25, 0.3) is 0 Å². The van der Waals surface area contributed by atoms with Crippen LogP contribution in [-0.4, -0.2) is 36.1 Å². The molecule has 0 amide bonds. The lowest BCUT2D eigenvalue weighted by molar-refractivity contribution is 0.232. The minimum atomic E-state index is 0.339. The lowest BCUT2D eigenvalue weighted by Crippen LogP contribution is -2.28. The fourth-order valence-electron chi connectivity index (χ4n) is 2.48. The predicted octanol–water partition coefficient (Wildman–Crippen LogP) is 2.03. The molecule has 1 rings (SSSR count). The first-order valence-corrected chi connectivity index (χ1v) is 6.37. The Kier molecular flexibility index (Phi) is 6.23. The summed E-state index contributed by atoms with van der Waals surface area (Å²) in [7, 11) is 2.17. The van der Waals surface area contributed by atoms with Crippen LogP contribution in [0, 0.1) is 5.92 Å². The molecule has 1 aliphatic rings. The second kappa shape index (κ2) is 7.49. The van der Waals surface area contributed by atoms with E-state index in [0.717, 1.165) is 18.9 Å². The van der Waals surface area contributed by atoms with Gasteiger partial charge in [0.15, 0.2) is 0 Å². The number of rotatable bonds is 6. The minimum absolute atomic E-state index is 0.339. The third-order valence-corrected chi connectivity index (χ3v) is 3.40. The maximum atomic E-state index is 8.41. The van der Waals surface area contributed by atoms with Gasteiger partial charge in [0.25, 0.3) is 0 Å². The molecule has 4 heteroatoms. The van der Waals surface area contributed by atoms with Crippen LogP contribution in [0.4, 0.5) is 0 Å². The Hall–Kier alpha value is -0.770. The van der Waals surface area contributed by atoms with Crippen molar-refractivity contribution in [1.29, 1.82) is 0 Å². The van der Waals surface area contributed by atoms with Gasteiger partial charge in [-0.25, -0.2) is 0 Å². The normalized spacial score (nSPS) is 19.2. The van der Waals surface area contributed by atoms with E-state index in [9.17, 15) is 0 Å². The molecule has 1 aliphatic carbocycles. The average molecular weight is 227 g/mol. The molecule has 1 saturated carbocycles. The Balaban J connectivity index is 2.07. The number of hydrogen-bond acceptors (Lipinski definition) is 3. The molecule has 16 heavy (non-hydrogen) atoms. The Bertz CT molecular complexity index is 212. The van der Waals surface area contributed by atoms with Crippen LogP contribution in [-0.2, 0) is 0 Å². The molecule has 0 spiro atoms. The summed E-state index contributed by atoms with van der Waals surface area (Å²) in [5.41, 5.74) is 5.42. The van der Waals surface area contributed by atoms with Crippen molar-refractivity contribution in [2.75, 3.05) is 20.1 Å². The van der Waals surface area contributed by atoms with Crippen LogP contribution in [0.1, 0.15) is 44.9 Å². The van der Waals surface area contributed by atoms with E-state index >= 15 is 0 Å². The van der Waals surface area contributed by atoms with E-state index in [-0.39, 0.29) is 0 Å². The molecule has 3 N–H and O–H groups in total. The van der Waals surface area contributed by atoms with E-state index in [1.54, 1.807) is 0 Å². The van der Waals surface area contributed by atoms with E-state index in [1.165, 1.54) is 38.6 Å². The van der Waals surface area contributed by atoms with Crippen LogP contribution in [0.5, 0.6) is 0 Å². The van der Waals surface area contributed by atoms with E-state index in [2.05, 4.69) is 17.1 Å². The summed E-state index contributed by atoms with van der Waals surface area (Å²) in [6.45, 7) is 2.24. The molecule has 0 aromatic rings. The molecular formula is C12H25N3O. The molecule has 0 aromatic heterocycles. The number of amidine groups is 1. The minimum Gasteiger partial charge on any atom is -0.409 e. The molecule has 94 valence electrons. The molecule has 4 nitrogen and oxygen atoms in total. The zero-order chi connectivity index (χ0) is 11.8. The SMILES string of the molecule is CN(CCCC(N)=NO)CC1CCCCC1. The fraction of sp³-hybridized carbons (Fsp3) is 0.917. The molecule has 0 aromatic carbocycles. The van der Waals surface area contributed by atoms with Crippen molar-refractivity contribution in [2.45, 2.75) is 44.9 Å². The number of oxime groups is 1. The Morgan fingerprint density at radius 1 is 1.38 bits per heavy atom. The van der Waals surface area contributed by atoms with Gasteiger partial charge in [-0.1, -0.05) is 24.4 Å². The van der Waals surface area contributed by atoms with Crippen LogP contribution >= 0.6 is 0 Å². The summed E-state index contributed by atoms with van der Waals surface area (Å²) in [6, 6.07) is 0. The van der Waals surface area contributed by atoms with Gasteiger partial charge >= 0.3 is 0 Å². The lowest BCUT2D eigenvalue weighted by atomic mass is 9.89. The van der Waals surface area contributed by atoms with Crippen molar-refractivity contribution in [1.82, 2.24) is 4.90 Å². The van der Waals surface area contributed by atoms with Gasteiger partial charge in [-0.05, 0) is 38.8 Å². The first-order valence-electron chi connectivity index (χ1n) is 6.37. The number of nitrogens with two attached hydrogens (primary N) is 1. The first-order chi connectivity index (χ1) is 7.72. The van der Waals surface area contributed by atoms with Crippen LogP contribution in [0.15, 0.2) is 5.16 Å². The second-order valence-corrected chi connectivity index (χ2v) is 4.96. The number of nitrogens with zero attached hydrogens (tertiary/aromatic N) is 2. The summed E-state index contributed by atoms with van der Waals surface area (Å²) in [5.74, 6) is 1.23. The third kappa shape index (κ3) is 5.35. The highest BCUT2D eigenvalue weighted by atomic mass is 16.4. The monoisotopic (exact) mass is 227 g/mol. The van der Waals surface area contributed by atoms with E-state index in [0.29, 0.717) is 12.3 Å². The van der Waals surface area contributed by atoms with Crippen molar-refractivity contribution in [3.8, 4) is 0 Å². The molecule has 0 bridgehead atoms. The summed E-state index contributed by atoms with van der Waals surface area (Å²) >= 11 is 0. The van der Waals surface area contributed by atoms with Crippen molar-refractivity contribution >= 4 is 5.84 Å². The molecule has 0 atom stereocenters. The maximum Gasteiger partial charge on any atom is 0.139 e. The van der Waals surface area contributed by atoms with E-state index in [4.69, 9.17) is 10.9 Å². The maximum absolute atomic E-state index is 8.41. The molecule has 0 aliphatic heterocycles.